The Morgan fingerprint density at radius 1 is 1.25 bits per heavy atom. The zero-order valence-electron chi connectivity index (χ0n) is 9.12. The van der Waals surface area contributed by atoms with E-state index in [0.29, 0.717) is 0 Å². The highest BCUT2D eigenvalue weighted by molar-refractivity contribution is 7.92. The fourth-order valence-corrected chi connectivity index (χ4v) is 3.15. The predicted molar refractivity (Wildman–Crippen MR) is 61.2 cm³/mol. The molecule has 0 saturated heterocycles. The van der Waals surface area contributed by atoms with Gasteiger partial charge in [0, 0.05) is 0 Å². The summed E-state index contributed by atoms with van der Waals surface area (Å²) >= 11 is 0. The molecule has 0 N–H and O–H groups in total. The molecule has 16 heavy (non-hydrogen) atoms. The molecule has 1 aliphatic heterocycles. The van der Waals surface area contributed by atoms with Gasteiger partial charge in [0.2, 0.25) is 9.84 Å². The Labute approximate surface area is 94.9 Å². The molecule has 2 atom stereocenters. The quantitative estimate of drug-likeness (QED) is 0.786. The van der Waals surface area contributed by atoms with E-state index in [2.05, 4.69) is 4.99 Å². The summed E-state index contributed by atoms with van der Waals surface area (Å²) in [5, 5.41) is -0.824. The molecular weight excluding hydrogens is 226 g/mol. The zero-order valence-corrected chi connectivity index (χ0v) is 9.94. The molecule has 5 heteroatoms. The van der Waals surface area contributed by atoms with Gasteiger partial charge in [-0.05, 0) is 26.0 Å². The van der Waals surface area contributed by atoms with Gasteiger partial charge >= 0.3 is 0 Å². The van der Waals surface area contributed by atoms with Crippen molar-refractivity contribution in [3.8, 4) is 0 Å². The maximum absolute atomic E-state index is 12.2. The van der Waals surface area contributed by atoms with E-state index < -0.39 is 21.3 Å². The lowest BCUT2D eigenvalue weighted by Gasteiger charge is -2.13. The second kappa shape index (κ2) is 3.90. The summed E-state index contributed by atoms with van der Waals surface area (Å²) in [6, 6.07) is 6.75. The second-order valence-electron chi connectivity index (χ2n) is 3.84. The van der Waals surface area contributed by atoms with E-state index in [0.717, 1.165) is 5.56 Å². The molecule has 0 radical (unpaired) electrons. The fraction of sp³-hybridized carbons (Fsp3) is 0.364. The minimum Gasteiger partial charge on any atom is -0.477 e. The molecule has 0 aromatic heterocycles. The number of rotatable bonds is 2. The van der Waals surface area contributed by atoms with Gasteiger partial charge in [-0.15, -0.1) is 0 Å². The molecule has 1 aliphatic rings. The Morgan fingerprint density at radius 3 is 2.38 bits per heavy atom. The minimum absolute atomic E-state index is 0.289. The van der Waals surface area contributed by atoms with E-state index in [1.165, 1.54) is 6.40 Å². The van der Waals surface area contributed by atoms with Crippen molar-refractivity contribution in [2.75, 3.05) is 0 Å². The first-order valence-electron chi connectivity index (χ1n) is 4.99. The monoisotopic (exact) mass is 239 g/mol. The maximum atomic E-state index is 12.2. The maximum Gasteiger partial charge on any atom is 0.205 e. The van der Waals surface area contributed by atoms with Crippen LogP contribution < -0.4 is 0 Å². The lowest BCUT2D eigenvalue weighted by molar-refractivity contribution is 0.244. The summed E-state index contributed by atoms with van der Waals surface area (Å²) in [6.07, 6.45) is 0.785. The number of benzene rings is 1. The molecule has 0 spiro atoms. The summed E-state index contributed by atoms with van der Waals surface area (Å²) in [6.45, 7) is 3.61. The number of ether oxygens (including phenoxy) is 1. The molecule has 1 aromatic carbocycles. The topological polar surface area (TPSA) is 55.7 Å². The number of hydrogen-bond donors (Lipinski definition) is 0. The molecular formula is C11H13NO3S. The Kier molecular flexibility index (Phi) is 2.71. The fourth-order valence-electron chi connectivity index (χ4n) is 1.58. The summed E-state index contributed by atoms with van der Waals surface area (Å²) in [7, 11) is -3.43. The van der Waals surface area contributed by atoms with Gasteiger partial charge in [-0.3, -0.25) is 0 Å². The minimum atomic E-state index is -3.43. The first-order chi connectivity index (χ1) is 7.51. The third kappa shape index (κ3) is 1.82. The highest BCUT2D eigenvalue weighted by Gasteiger charge is 2.35. The van der Waals surface area contributed by atoms with Crippen LogP contribution in [0.5, 0.6) is 0 Å². The van der Waals surface area contributed by atoms with Crippen LogP contribution in [0.3, 0.4) is 0 Å². The third-order valence-corrected chi connectivity index (χ3v) is 4.62. The van der Waals surface area contributed by atoms with Gasteiger partial charge in [0.05, 0.1) is 4.90 Å². The van der Waals surface area contributed by atoms with Crippen LogP contribution in [0.25, 0.3) is 0 Å². The highest BCUT2D eigenvalue weighted by Crippen LogP contribution is 2.23. The third-order valence-electron chi connectivity index (χ3n) is 2.55. The normalized spacial score (nSPS) is 24.4. The van der Waals surface area contributed by atoms with Crippen molar-refractivity contribution in [3.63, 3.8) is 0 Å². The first kappa shape index (κ1) is 11.1. The first-order valence-corrected chi connectivity index (χ1v) is 6.54. The average molecular weight is 239 g/mol. The molecule has 2 rings (SSSR count). The van der Waals surface area contributed by atoms with Gasteiger partial charge in [0.15, 0.2) is 11.8 Å². The number of aliphatic imine (C=N–C) groups is 1. The molecule has 1 heterocycles. The molecule has 4 nitrogen and oxygen atoms in total. The molecule has 0 amide bonds. The van der Waals surface area contributed by atoms with Crippen LogP contribution in [0, 0.1) is 6.92 Å². The van der Waals surface area contributed by atoms with Crippen molar-refractivity contribution in [1.82, 2.24) is 0 Å². The molecule has 0 aliphatic carbocycles. The van der Waals surface area contributed by atoms with Gasteiger partial charge in [0.25, 0.3) is 0 Å². The Morgan fingerprint density at radius 2 is 1.88 bits per heavy atom. The molecule has 0 unspecified atom stereocenters. The van der Waals surface area contributed by atoms with E-state index in [1.54, 1.807) is 31.2 Å². The zero-order chi connectivity index (χ0) is 11.8. The molecule has 0 saturated carbocycles. The van der Waals surface area contributed by atoms with Crippen molar-refractivity contribution in [2.45, 2.75) is 30.2 Å². The summed E-state index contributed by atoms with van der Waals surface area (Å²) in [5.74, 6) is 0. The van der Waals surface area contributed by atoms with Crippen LogP contribution in [0.4, 0.5) is 0 Å². The number of aryl methyl sites for hydroxylation is 1. The summed E-state index contributed by atoms with van der Waals surface area (Å²) in [5.41, 5.74) is 1.03. The molecule has 0 bridgehead atoms. The Hall–Kier alpha value is -1.36. The summed E-state index contributed by atoms with van der Waals surface area (Å²) in [4.78, 5) is 4.14. The predicted octanol–water partition coefficient (Wildman–Crippen LogP) is 1.54. The van der Waals surface area contributed by atoms with Crippen LogP contribution in [0.15, 0.2) is 34.2 Å². The average Bonchev–Trinajstić information content (AvgIpc) is 2.66. The van der Waals surface area contributed by atoms with Crippen LogP contribution in [0.2, 0.25) is 0 Å². The van der Waals surface area contributed by atoms with Crippen molar-refractivity contribution in [2.24, 2.45) is 4.99 Å². The van der Waals surface area contributed by atoms with E-state index >= 15 is 0 Å². The smallest absolute Gasteiger partial charge is 0.205 e. The van der Waals surface area contributed by atoms with E-state index in [1.807, 2.05) is 6.92 Å². The van der Waals surface area contributed by atoms with Crippen molar-refractivity contribution in [3.05, 3.63) is 29.8 Å². The van der Waals surface area contributed by atoms with Gasteiger partial charge < -0.3 is 4.74 Å². The lowest BCUT2D eigenvalue weighted by atomic mass is 10.2. The Bertz CT molecular complexity index is 505. The van der Waals surface area contributed by atoms with E-state index in [-0.39, 0.29) is 4.90 Å². The largest absolute Gasteiger partial charge is 0.477 e. The van der Waals surface area contributed by atoms with E-state index in [4.69, 9.17) is 4.74 Å². The number of sulfone groups is 1. The van der Waals surface area contributed by atoms with Gasteiger partial charge in [-0.2, -0.15) is 0 Å². The Balaban J connectivity index is 2.39. The van der Waals surface area contributed by atoms with Crippen molar-refractivity contribution in [1.29, 1.82) is 0 Å². The van der Waals surface area contributed by atoms with Gasteiger partial charge in [-0.1, -0.05) is 17.7 Å². The van der Waals surface area contributed by atoms with Crippen LogP contribution >= 0.6 is 0 Å². The second-order valence-corrected chi connectivity index (χ2v) is 5.89. The van der Waals surface area contributed by atoms with Crippen molar-refractivity contribution >= 4 is 16.2 Å². The van der Waals surface area contributed by atoms with Crippen molar-refractivity contribution < 1.29 is 13.2 Å². The number of hydrogen-bond acceptors (Lipinski definition) is 4. The van der Waals surface area contributed by atoms with Gasteiger partial charge in [-0.25, -0.2) is 13.4 Å². The molecule has 0 fully saturated rings. The van der Waals surface area contributed by atoms with Crippen LogP contribution in [0.1, 0.15) is 12.5 Å². The standard InChI is InChI=1S/C11H13NO3S/c1-8-3-5-10(6-4-8)16(13,14)11-9(2)15-7-12-11/h3-7,9,11H,1-2H3/t9-,11+/m1/s1. The molecule has 86 valence electrons. The SMILES string of the molecule is Cc1ccc(S(=O)(=O)[C@@H]2N=CO[C@@H]2C)cc1. The van der Waals surface area contributed by atoms with Crippen LogP contribution in [-0.4, -0.2) is 26.3 Å². The van der Waals surface area contributed by atoms with Gasteiger partial charge in [0.1, 0.15) is 6.10 Å². The molecule has 1 aromatic rings. The lowest BCUT2D eigenvalue weighted by Crippen LogP contribution is -2.27. The van der Waals surface area contributed by atoms with E-state index in [9.17, 15) is 8.42 Å². The number of nitrogens with zero attached hydrogens (tertiary/aromatic N) is 1. The highest BCUT2D eigenvalue weighted by atomic mass is 32.2. The van der Waals surface area contributed by atoms with Crippen LogP contribution in [-0.2, 0) is 14.6 Å². The summed E-state index contributed by atoms with van der Waals surface area (Å²) < 4.78 is 29.4.